The normalized spacial score (nSPS) is 17.3. The average molecular weight is 559 g/mol. The first-order chi connectivity index (χ1) is 16.9. The Morgan fingerprint density at radius 1 is 1.09 bits per heavy atom. The van der Waals surface area contributed by atoms with E-state index in [9.17, 15) is 9.59 Å². The zero-order valence-corrected chi connectivity index (χ0v) is 21.7. The highest BCUT2D eigenvalue weighted by molar-refractivity contribution is 9.10. The molecule has 1 aliphatic heterocycles. The SMILES string of the molecule is CCOC(=O)Cc1ccc(Cl)c(Oc2ccc(Br)cc2CN2C(=O)OC(c3ccccc3)C2C)c1. The molecule has 0 spiro atoms. The molecule has 0 saturated carbocycles. The van der Waals surface area contributed by atoms with Crippen LogP contribution in [0.3, 0.4) is 0 Å². The third kappa shape index (κ3) is 5.97. The van der Waals surface area contributed by atoms with Crippen LogP contribution < -0.4 is 4.74 Å². The number of carbonyl (C=O) groups is 2. The van der Waals surface area contributed by atoms with Gasteiger partial charge in [-0.25, -0.2) is 4.79 Å². The predicted octanol–water partition coefficient (Wildman–Crippen LogP) is 7.08. The Balaban J connectivity index is 1.57. The Kier molecular flexibility index (Phi) is 7.98. The van der Waals surface area contributed by atoms with Gasteiger partial charge in [0.05, 0.1) is 30.6 Å². The van der Waals surface area contributed by atoms with Crippen LogP contribution in [0, 0.1) is 0 Å². The van der Waals surface area contributed by atoms with E-state index in [2.05, 4.69) is 15.9 Å². The van der Waals surface area contributed by atoms with Crippen LogP contribution in [0.15, 0.2) is 71.2 Å². The van der Waals surface area contributed by atoms with Gasteiger partial charge < -0.3 is 14.2 Å². The van der Waals surface area contributed by atoms with Gasteiger partial charge in [0.15, 0.2) is 0 Å². The monoisotopic (exact) mass is 557 g/mol. The highest BCUT2D eigenvalue weighted by Gasteiger charge is 2.39. The minimum atomic E-state index is -0.383. The molecule has 0 aromatic heterocycles. The minimum absolute atomic E-state index is 0.118. The van der Waals surface area contributed by atoms with Crippen LogP contribution >= 0.6 is 27.5 Å². The molecule has 1 heterocycles. The molecular weight excluding hydrogens is 534 g/mol. The summed E-state index contributed by atoms with van der Waals surface area (Å²) in [7, 11) is 0. The highest BCUT2D eigenvalue weighted by atomic mass is 79.9. The summed E-state index contributed by atoms with van der Waals surface area (Å²) in [5, 5.41) is 0.407. The van der Waals surface area contributed by atoms with Gasteiger partial charge in [-0.1, -0.05) is 63.9 Å². The number of nitrogens with zero attached hydrogens (tertiary/aromatic N) is 1. The number of rotatable bonds is 8. The van der Waals surface area contributed by atoms with Crippen molar-refractivity contribution >= 4 is 39.6 Å². The molecule has 1 aliphatic rings. The number of benzene rings is 3. The number of halogens is 2. The van der Waals surface area contributed by atoms with Crippen molar-refractivity contribution in [1.29, 1.82) is 0 Å². The first-order valence-electron chi connectivity index (χ1n) is 11.3. The first kappa shape index (κ1) is 25.1. The maximum atomic E-state index is 12.8. The summed E-state index contributed by atoms with van der Waals surface area (Å²) in [6.07, 6.45) is -0.618. The lowest BCUT2D eigenvalue weighted by Gasteiger charge is -2.22. The van der Waals surface area contributed by atoms with Crippen LogP contribution in [0.25, 0.3) is 0 Å². The maximum absolute atomic E-state index is 12.8. The van der Waals surface area contributed by atoms with E-state index in [1.54, 1.807) is 30.0 Å². The zero-order chi connectivity index (χ0) is 24.9. The number of carbonyl (C=O) groups excluding carboxylic acids is 2. The Morgan fingerprint density at radius 2 is 1.86 bits per heavy atom. The van der Waals surface area contributed by atoms with E-state index >= 15 is 0 Å². The zero-order valence-electron chi connectivity index (χ0n) is 19.4. The van der Waals surface area contributed by atoms with Crippen LogP contribution in [0.5, 0.6) is 11.5 Å². The molecule has 1 saturated heterocycles. The van der Waals surface area contributed by atoms with Crippen LogP contribution in [-0.2, 0) is 27.2 Å². The molecule has 1 fully saturated rings. The van der Waals surface area contributed by atoms with E-state index in [0.717, 1.165) is 21.2 Å². The summed E-state index contributed by atoms with van der Waals surface area (Å²) in [5.41, 5.74) is 2.46. The van der Waals surface area contributed by atoms with E-state index in [4.69, 9.17) is 25.8 Å². The second-order valence-corrected chi connectivity index (χ2v) is 9.51. The van der Waals surface area contributed by atoms with Crippen molar-refractivity contribution in [2.75, 3.05) is 6.61 Å². The average Bonchev–Trinajstić information content (AvgIpc) is 3.12. The largest absolute Gasteiger partial charge is 0.466 e. The van der Waals surface area contributed by atoms with Gasteiger partial charge in [-0.3, -0.25) is 9.69 Å². The van der Waals surface area contributed by atoms with Crippen molar-refractivity contribution in [2.45, 2.75) is 39.0 Å². The standard InChI is InChI=1S/C27H25BrClNO5/c1-3-33-25(31)14-18-9-11-22(29)24(13-18)34-23-12-10-21(28)15-20(23)16-30-17(2)26(35-27(30)32)19-7-5-4-6-8-19/h4-13,15,17,26H,3,14,16H2,1-2H3. The van der Waals surface area contributed by atoms with E-state index in [1.807, 2.05) is 55.5 Å². The second-order valence-electron chi connectivity index (χ2n) is 8.18. The van der Waals surface area contributed by atoms with Gasteiger partial charge in [-0.15, -0.1) is 0 Å². The first-order valence-corrected chi connectivity index (χ1v) is 12.4. The van der Waals surface area contributed by atoms with Gasteiger partial charge in [0, 0.05) is 10.0 Å². The fourth-order valence-corrected chi connectivity index (χ4v) is 4.55. The van der Waals surface area contributed by atoms with Gasteiger partial charge in [-0.05, 0) is 55.3 Å². The smallest absolute Gasteiger partial charge is 0.411 e. The third-order valence-electron chi connectivity index (χ3n) is 5.75. The highest BCUT2D eigenvalue weighted by Crippen LogP contribution is 2.37. The summed E-state index contributed by atoms with van der Waals surface area (Å²) in [6, 6.07) is 20.3. The molecular formula is C27H25BrClNO5. The minimum Gasteiger partial charge on any atom is -0.466 e. The number of cyclic esters (lactones) is 1. The van der Waals surface area contributed by atoms with Crippen LogP contribution in [0.1, 0.15) is 36.6 Å². The number of esters is 1. The molecule has 2 unspecified atom stereocenters. The Labute approximate surface area is 217 Å². The lowest BCUT2D eigenvalue weighted by atomic mass is 10.0. The van der Waals surface area contributed by atoms with E-state index in [0.29, 0.717) is 23.1 Å². The molecule has 3 aromatic rings. The van der Waals surface area contributed by atoms with Gasteiger partial charge in [0.1, 0.15) is 17.6 Å². The van der Waals surface area contributed by atoms with Crippen molar-refractivity contribution in [3.63, 3.8) is 0 Å². The Bertz CT molecular complexity index is 1220. The molecule has 4 rings (SSSR count). The summed E-state index contributed by atoms with van der Waals surface area (Å²) in [4.78, 5) is 26.3. The molecule has 0 radical (unpaired) electrons. The van der Waals surface area contributed by atoms with Crippen molar-refractivity contribution in [3.05, 3.63) is 92.9 Å². The fourth-order valence-electron chi connectivity index (χ4n) is 3.99. The molecule has 0 aliphatic carbocycles. The van der Waals surface area contributed by atoms with Crippen molar-refractivity contribution in [1.82, 2.24) is 4.90 Å². The van der Waals surface area contributed by atoms with Gasteiger partial charge in [-0.2, -0.15) is 0 Å². The van der Waals surface area contributed by atoms with E-state index in [-0.39, 0.29) is 37.2 Å². The molecule has 6 nitrogen and oxygen atoms in total. The third-order valence-corrected chi connectivity index (χ3v) is 6.56. The van der Waals surface area contributed by atoms with E-state index < -0.39 is 0 Å². The van der Waals surface area contributed by atoms with Crippen molar-refractivity contribution in [3.8, 4) is 11.5 Å². The topological polar surface area (TPSA) is 65.1 Å². The molecule has 3 aromatic carbocycles. The summed E-state index contributed by atoms with van der Waals surface area (Å²) >= 11 is 9.91. The fraction of sp³-hybridized carbons (Fsp3) is 0.259. The molecule has 8 heteroatoms. The Hall–Kier alpha value is -3.03. The van der Waals surface area contributed by atoms with Crippen LogP contribution in [-0.4, -0.2) is 29.6 Å². The number of hydrogen-bond acceptors (Lipinski definition) is 5. The molecule has 2 atom stereocenters. The quantitative estimate of drug-likeness (QED) is 0.276. The van der Waals surface area contributed by atoms with Crippen LogP contribution in [0.2, 0.25) is 5.02 Å². The summed E-state index contributed by atoms with van der Waals surface area (Å²) < 4.78 is 17.8. The van der Waals surface area contributed by atoms with Gasteiger partial charge >= 0.3 is 12.1 Å². The molecule has 1 amide bonds. The summed E-state index contributed by atoms with van der Waals surface area (Å²) in [5.74, 6) is 0.641. The molecule has 0 N–H and O–H groups in total. The molecule has 182 valence electrons. The summed E-state index contributed by atoms with van der Waals surface area (Å²) in [6.45, 7) is 4.35. The second kappa shape index (κ2) is 11.1. The molecule has 35 heavy (non-hydrogen) atoms. The van der Waals surface area contributed by atoms with Crippen LogP contribution in [0.4, 0.5) is 4.79 Å². The van der Waals surface area contributed by atoms with Gasteiger partial charge in [0.25, 0.3) is 0 Å². The van der Waals surface area contributed by atoms with E-state index in [1.165, 1.54) is 0 Å². The predicted molar refractivity (Wildman–Crippen MR) is 137 cm³/mol. The van der Waals surface area contributed by atoms with Gasteiger partial charge in [0.2, 0.25) is 0 Å². The lowest BCUT2D eigenvalue weighted by molar-refractivity contribution is -0.142. The lowest BCUT2D eigenvalue weighted by Crippen LogP contribution is -2.31. The number of hydrogen-bond donors (Lipinski definition) is 0. The Morgan fingerprint density at radius 3 is 2.60 bits per heavy atom. The number of amides is 1. The van der Waals surface area contributed by atoms with Crippen molar-refractivity contribution < 1.29 is 23.8 Å². The van der Waals surface area contributed by atoms with Crippen molar-refractivity contribution in [2.24, 2.45) is 0 Å². The molecule has 0 bridgehead atoms. The number of ether oxygens (including phenoxy) is 3. The maximum Gasteiger partial charge on any atom is 0.411 e.